The van der Waals surface area contributed by atoms with Gasteiger partial charge in [0.2, 0.25) is 5.95 Å². The molecule has 4 heterocycles. The molecule has 36 heavy (non-hydrogen) atoms. The third kappa shape index (κ3) is 5.18. The van der Waals surface area contributed by atoms with Crippen molar-refractivity contribution in [2.45, 2.75) is 19.8 Å². The van der Waals surface area contributed by atoms with E-state index in [1.165, 1.54) is 0 Å². The molecule has 10 nitrogen and oxygen atoms in total. The fourth-order valence-electron chi connectivity index (χ4n) is 4.56. The van der Waals surface area contributed by atoms with Gasteiger partial charge in [-0.15, -0.1) is 5.10 Å². The van der Waals surface area contributed by atoms with Gasteiger partial charge < -0.3 is 25.2 Å². The van der Waals surface area contributed by atoms with Crippen LogP contribution in [0.15, 0.2) is 48.7 Å². The van der Waals surface area contributed by atoms with E-state index in [1.54, 1.807) is 9.42 Å². The third-order valence-electron chi connectivity index (χ3n) is 6.46. The maximum atomic E-state index is 12.8. The number of nitrogens with zero attached hydrogens (tertiary/aromatic N) is 5. The number of anilines is 2. The fourth-order valence-corrected chi connectivity index (χ4v) is 4.56. The van der Waals surface area contributed by atoms with Crippen molar-refractivity contribution >= 4 is 34.9 Å². The lowest BCUT2D eigenvalue weighted by Crippen LogP contribution is -2.35. The minimum absolute atomic E-state index is 0.0584. The molecule has 2 N–H and O–H groups in total. The van der Waals surface area contributed by atoms with Crippen molar-refractivity contribution in [1.29, 1.82) is 0 Å². The molecule has 0 unspecified atom stereocenters. The molecule has 1 fully saturated rings. The van der Waals surface area contributed by atoms with E-state index in [4.69, 9.17) is 9.72 Å². The minimum Gasteiger partial charge on any atom is -0.450 e. The number of ether oxygens (including phenoxy) is 1. The molecule has 5 rings (SSSR count). The zero-order chi connectivity index (χ0) is 24.9. The number of fused-ring (bicyclic) bond motifs is 1. The summed E-state index contributed by atoms with van der Waals surface area (Å²) in [5.41, 5.74) is 4.36. The van der Waals surface area contributed by atoms with Crippen molar-refractivity contribution in [1.82, 2.24) is 29.7 Å². The molecular formula is C26H31N7O3. The Kier molecular flexibility index (Phi) is 7.13. The first kappa shape index (κ1) is 23.8. The molecule has 2 aromatic heterocycles. The number of pyridine rings is 1. The molecule has 0 saturated carbocycles. The highest BCUT2D eigenvalue weighted by Gasteiger charge is 2.21. The van der Waals surface area contributed by atoms with Gasteiger partial charge in [0.05, 0.1) is 6.61 Å². The number of hydrogen-bond donors (Lipinski definition) is 2. The van der Waals surface area contributed by atoms with Crippen molar-refractivity contribution in [2.75, 3.05) is 51.2 Å². The summed E-state index contributed by atoms with van der Waals surface area (Å²) in [6, 6.07) is 11.4. The van der Waals surface area contributed by atoms with E-state index in [9.17, 15) is 9.59 Å². The Morgan fingerprint density at radius 1 is 1.08 bits per heavy atom. The Morgan fingerprint density at radius 2 is 1.94 bits per heavy atom. The van der Waals surface area contributed by atoms with E-state index in [2.05, 4.69) is 15.7 Å². The molecule has 0 radical (unpaired) electrons. The van der Waals surface area contributed by atoms with E-state index < -0.39 is 0 Å². The van der Waals surface area contributed by atoms with Gasteiger partial charge in [-0.1, -0.05) is 6.08 Å². The first-order chi connectivity index (χ1) is 17.6. The van der Waals surface area contributed by atoms with Crippen LogP contribution in [-0.2, 0) is 4.74 Å². The number of nitrogens with one attached hydrogen (secondary N) is 2. The third-order valence-corrected chi connectivity index (χ3v) is 6.46. The van der Waals surface area contributed by atoms with E-state index in [0.717, 1.165) is 61.5 Å². The molecule has 188 valence electrons. The molecular weight excluding hydrogens is 458 g/mol. The van der Waals surface area contributed by atoms with Crippen LogP contribution in [0.25, 0.3) is 11.2 Å². The molecule has 0 atom stereocenters. The number of hydrogen-bond acceptors (Lipinski definition) is 7. The molecule has 10 heteroatoms. The second kappa shape index (κ2) is 10.8. The van der Waals surface area contributed by atoms with Gasteiger partial charge in [-0.05, 0) is 68.3 Å². The van der Waals surface area contributed by atoms with Crippen LogP contribution in [-0.4, -0.2) is 82.3 Å². The van der Waals surface area contributed by atoms with Crippen molar-refractivity contribution in [3.8, 4) is 0 Å². The highest BCUT2D eigenvalue weighted by molar-refractivity contribution is 5.94. The van der Waals surface area contributed by atoms with E-state index in [1.807, 2.05) is 60.5 Å². The Labute approximate surface area is 209 Å². The molecule has 0 bridgehead atoms. The summed E-state index contributed by atoms with van der Waals surface area (Å²) in [5.74, 6) is 0.535. The number of benzene rings is 1. The van der Waals surface area contributed by atoms with Crippen LogP contribution in [0.5, 0.6) is 0 Å². The Hall–Kier alpha value is -3.92. The Bertz CT molecular complexity index is 1260. The molecule has 0 aliphatic carbocycles. The zero-order valence-electron chi connectivity index (χ0n) is 20.4. The van der Waals surface area contributed by atoms with Crippen LogP contribution in [0, 0.1) is 0 Å². The average Bonchev–Trinajstić information content (AvgIpc) is 3.12. The van der Waals surface area contributed by atoms with Gasteiger partial charge in [-0.25, -0.2) is 9.31 Å². The van der Waals surface area contributed by atoms with Crippen molar-refractivity contribution in [3.63, 3.8) is 0 Å². The molecule has 1 aromatic carbocycles. The topological polar surface area (TPSA) is 104 Å². The van der Waals surface area contributed by atoms with Crippen LogP contribution in [0.2, 0.25) is 0 Å². The molecule has 0 spiro atoms. The average molecular weight is 490 g/mol. The predicted molar refractivity (Wildman–Crippen MR) is 137 cm³/mol. The summed E-state index contributed by atoms with van der Waals surface area (Å²) >= 11 is 0. The van der Waals surface area contributed by atoms with Gasteiger partial charge in [0.1, 0.15) is 0 Å². The number of rotatable bonds is 5. The van der Waals surface area contributed by atoms with Crippen LogP contribution in [0.4, 0.5) is 16.4 Å². The van der Waals surface area contributed by atoms with Crippen LogP contribution in [0.1, 0.15) is 35.7 Å². The van der Waals surface area contributed by atoms with E-state index in [0.29, 0.717) is 31.2 Å². The van der Waals surface area contributed by atoms with Gasteiger partial charge in [-0.2, -0.15) is 4.98 Å². The highest BCUT2D eigenvalue weighted by atomic mass is 16.6. The maximum Gasteiger partial charge on any atom is 0.410 e. The zero-order valence-corrected chi connectivity index (χ0v) is 20.4. The maximum absolute atomic E-state index is 12.8. The van der Waals surface area contributed by atoms with Gasteiger partial charge in [0, 0.05) is 55.7 Å². The second-order valence-corrected chi connectivity index (χ2v) is 8.85. The van der Waals surface area contributed by atoms with Gasteiger partial charge in [0.15, 0.2) is 5.65 Å². The van der Waals surface area contributed by atoms with Crippen LogP contribution < -0.4 is 10.6 Å². The summed E-state index contributed by atoms with van der Waals surface area (Å²) < 4.78 is 6.86. The number of amides is 2. The minimum atomic E-state index is -0.281. The first-order valence-electron chi connectivity index (χ1n) is 12.5. The smallest absolute Gasteiger partial charge is 0.410 e. The monoisotopic (exact) mass is 489 g/mol. The summed E-state index contributed by atoms with van der Waals surface area (Å²) in [7, 11) is 0. The molecule has 2 amide bonds. The largest absolute Gasteiger partial charge is 0.450 e. The van der Waals surface area contributed by atoms with Gasteiger partial charge in [-0.3, -0.25) is 4.79 Å². The molecule has 3 aromatic rings. The van der Waals surface area contributed by atoms with Gasteiger partial charge >= 0.3 is 6.09 Å². The SMILES string of the molecule is CCOC(=O)N1CC=C(c2cccn3nc(Nc4ccc(C(=O)N5CCCNCC5)cc4)nc23)CC1. The number of carbonyl (C=O) groups excluding carboxylic acids is 2. The molecule has 1 saturated heterocycles. The van der Waals surface area contributed by atoms with Gasteiger partial charge in [0.25, 0.3) is 5.91 Å². The van der Waals surface area contributed by atoms with Crippen molar-refractivity contribution in [3.05, 3.63) is 59.8 Å². The quantitative estimate of drug-likeness (QED) is 0.567. The highest BCUT2D eigenvalue weighted by Crippen LogP contribution is 2.27. The van der Waals surface area contributed by atoms with Crippen LogP contribution in [0.3, 0.4) is 0 Å². The lowest BCUT2D eigenvalue weighted by atomic mass is 10.0. The Morgan fingerprint density at radius 3 is 2.72 bits per heavy atom. The summed E-state index contributed by atoms with van der Waals surface area (Å²) in [6.45, 7) is 6.56. The number of carbonyl (C=O) groups is 2. The normalized spacial score (nSPS) is 16.4. The van der Waals surface area contributed by atoms with Crippen molar-refractivity contribution < 1.29 is 14.3 Å². The lowest BCUT2D eigenvalue weighted by molar-refractivity contribution is 0.0766. The summed E-state index contributed by atoms with van der Waals surface area (Å²) in [4.78, 5) is 33.2. The second-order valence-electron chi connectivity index (χ2n) is 8.85. The number of aromatic nitrogens is 3. The lowest BCUT2D eigenvalue weighted by Gasteiger charge is -2.25. The molecule has 2 aliphatic rings. The van der Waals surface area contributed by atoms with Crippen molar-refractivity contribution in [2.24, 2.45) is 0 Å². The van der Waals surface area contributed by atoms with E-state index >= 15 is 0 Å². The summed E-state index contributed by atoms with van der Waals surface area (Å²) in [6.07, 6.45) is 5.32. The predicted octanol–water partition coefficient (Wildman–Crippen LogP) is 3.15. The van der Waals surface area contributed by atoms with E-state index in [-0.39, 0.29) is 12.0 Å². The Balaban J connectivity index is 1.29. The first-order valence-corrected chi connectivity index (χ1v) is 12.5. The van der Waals surface area contributed by atoms with Crippen LogP contribution >= 0.6 is 0 Å². The fraction of sp³-hybridized carbons (Fsp3) is 0.385. The standard InChI is InChI=1S/C26H31N7O3/c1-2-36-26(35)32-16-10-19(11-17-32)22-5-3-15-33-23(22)29-25(30-33)28-21-8-6-20(7-9-21)24(34)31-14-4-12-27-13-18-31/h3,5-10,15,27H,2,4,11-14,16-18H2,1H3,(H,28,30). The summed E-state index contributed by atoms with van der Waals surface area (Å²) in [5, 5.41) is 11.1. The molecule has 2 aliphatic heterocycles.